The Labute approximate surface area is 117 Å². The number of rotatable bonds is 3. The molecule has 0 atom stereocenters. The van der Waals surface area contributed by atoms with Crippen molar-refractivity contribution in [1.29, 1.82) is 0 Å². The van der Waals surface area contributed by atoms with Crippen LogP contribution in [0.15, 0.2) is 24.5 Å². The van der Waals surface area contributed by atoms with Crippen molar-refractivity contribution in [2.45, 2.75) is 19.3 Å². The van der Waals surface area contributed by atoms with Crippen molar-refractivity contribution in [3.8, 4) is 0 Å². The largest absolute Gasteiger partial charge is 0.465 e. The van der Waals surface area contributed by atoms with Crippen molar-refractivity contribution in [3.05, 3.63) is 35.9 Å². The number of esters is 1. The minimum absolute atomic E-state index is 0.326. The van der Waals surface area contributed by atoms with Gasteiger partial charge in [-0.25, -0.2) is 9.78 Å². The van der Waals surface area contributed by atoms with Crippen LogP contribution in [-0.2, 0) is 15.9 Å². The fraction of sp³-hybridized carbons (Fsp3) is 0.467. The van der Waals surface area contributed by atoms with Crippen LogP contribution >= 0.6 is 0 Å². The predicted molar refractivity (Wildman–Crippen MR) is 73.8 cm³/mol. The minimum atomic E-state index is -0.326. The van der Waals surface area contributed by atoms with Crippen LogP contribution < -0.4 is 0 Å². The number of carbonyl (C=O) groups excluding carboxylic acids is 1. The second-order valence-electron chi connectivity index (χ2n) is 5.10. The first-order chi connectivity index (χ1) is 9.79. The summed E-state index contributed by atoms with van der Waals surface area (Å²) in [5, 5.41) is 0. The maximum absolute atomic E-state index is 11.7. The third kappa shape index (κ3) is 2.41. The highest BCUT2D eigenvalue weighted by Gasteiger charge is 2.18. The molecule has 3 heterocycles. The van der Waals surface area contributed by atoms with Crippen molar-refractivity contribution in [2.24, 2.45) is 5.92 Å². The predicted octanol–water partition coefficient (Wildman–Crippen LogP) is 2.09. The molecule has 5 nitrogen and oxygen atoms in total. The van der Waals surface area contributed by atoms with Crippen LogP contribution in [0.1, 0.15) is 29.0 Å². The summed E-state index contributed by atoms with van der Waals surface area (Å²) in [6, 6.07) is 3.62. The number of hydrogen-bond donors (Lipinski definition) is 0. The van der Waals surface area contributed by atoms with Gasteiger partial charge in [0.15, 0.2) is 0 Å². The topological polar surface area (TPSA) is 52.8 Å². The molecule has 5 heteroatoms. The number of fused-ring (bicyclic) bond motifs is 1. The van der Waals surface area contributed by atoms with Gasteiger partial charge in [-0.2, -0.15) is 0 Å². The molecular weight excluding hydrogens is 256 g/mol. The zero-order valence-corrected chi connectivity index (χ0v) is 11.5. The fourth-order valence-corrected chi connectivity index (χ4v) is 2.72. The highest BCUT2D eigenvalue weighted by molar-refractivity contribution is 5.96. The van der Waals surface area contributed by atoms with Gasteiger partial charge in [-0.3, -0.25) is 0 Å². The molecule has 0 bridgehead atoms. The Hall–Kier alpha value is -1.88. The summed E-state index contributed by atoms with van der Waals surface area (Å²) in [5.74, 6) is 1.28. The number of ether oxygens (including phenoxy) is 2. The Kier molecular flexibility index (Phi) is 3.69. The molecule has 106 valence electrons. The molecule has 1 aliphatic heterocycles. The van der Waals surface area contributed by atoms with Gasteiger partial charge in [-0.1, -0.05) is 0 Å². The molecule has 20 heavy (non-hydrogen) atoms. The van der Waals surface area contributed by atoms with E-state index in [4.69, 9.17) is 9.47 Å². The van der Waals surface area contributed by atoms with Gasteiger partial charge in [0.1, 0.15) is 5.82 Å². The molecule has 2 aromatic heterocycles. The zero-order chi connectivity index (χ0) is 13.9. The molecule has 2 aromatic rings. The smallest absolute Gasteiger partial charge is 0.340 e. The fourth-order valence-electron chi connectivity index (χ4n) is 2.72. The van der Waals surface area contributed by atoms with Crippen LogP contribution in [0.5, 0.6) is 0 Å². The summed E-state index contributed by atoms with van der Waals surface area (Å²) in [4.78, 5) is 16.2. The maximum Gasteiger partial charge on any atom is 0.340 e. The molecule has 0 aliphatic carbocycles. The Morgan fingerprint density at radius 3 is 3.05 bits per heavy atom. The SMILES string of the molecule is COC(=O)c1cccn2c(CC3CCOCC3)ncc12. The van der Waals surface area contributed by atoms with Gasteiger partial charge in [0.25, 0.3) is 0 Å². The van der Waals surface area contributed by atoms with E-state index in [1.165, 1.54) is 7.11 Å². The van der Waals surface area contributed by atoms with E-state index in [1.54, 1.807) is 12.3 Å². The average molecular weight is 274 g/mol. The standard InChI is InChI=1S/C15H18N2O3/c1-19-15(18)12-3-2-6-17-13(12)10-16-14(17)9-11-4-7-20-8-5-11/h2-3,6,10-11H,4-5,7-9H2,1H3. The molecule has 0 radical (unpaired) electrons. The van der Waals surface area contributed by atoms with Gasteiger partial charge in [0, 0.05) is 25.8 Å². The number of hydrogen-bond acceptors (Lipinski definition) is 4. The Morgan fingerprint density at radius 1 is 1.50 bits per heavy atom. The first-order valence-electron chi connectivity index (χ1n) is 6.90. The molecule has 0 aromatic carbocycles. The number of methoxy groups -OCH3 is 1. The van der Waals surface area contributed by atoms with Crippen LogP contribution in [-0.4, -0.2) is 35.7 Å². The molecule has 0 unspecified atom stereocenters. The van der Waals surface area contributed by atoms with E-state index in [0.29, 0.717) is 11.5 Å². The number of pyridine rings is 1. The van der Waals surface area contributed by atoms with Crippen molar-refractivity contribution < 1.29 is 14.3 Å². The quantitative estimate of drug-likeness (QED) is 0.804. The zero-order valence-electron chi connectivity index (χ0n) is 11.5. The van der Waals surface area contributed by atoms with E-state index in [9.17, 15) is 4.79 Å². The van der Waals surface area contributed by atoms with E-state index in [-0.39, 0.29) is 5.97 Å². The molecular formula is C15H18N2O3. The lowest BCUT2D eigenvalue weighted by Gasteiger charge is -2.21. The summed E-state index contributed by atoms with van der Waals surface area (Å²) in [5.41, 5.74) is 1.36. The van der Waals surface area contributed by atoms with Crippen LogP contribution in [0.25, 0.3) is 5.52 Å². The number of nitrogens with zero attached hydrogens (tertiary/aromatic N) is 2. The molecule has 1 aliphatic rings. The van der Waals surface area contributed by atoms with Gasteiger partial charge < -0.3 is 13.9 Å². The first kappa shape index (κ1) is 13.1. The summed E-state index contributed by atoms with van der Waals surface area (Å²) < 4.78 is 12.2. The van der Waals surface area contributed by atoms with Gasteiger partial charge in [-0.05, 0) is 30.9 Å². The lowest BCUT2D eigenvalue weighted by molar-refractivity contribution is 0.0602. The van der Waals surface area contributed by atoms with Crippen LogP contribution in [0.3, 0.4) is 0 Å². The summed E-state index contributed by atoms with van der Waals surface area (Å²) in [6.07, 6.45) is 6.77. The van der Waals surface area contributed by atoms with Crippen LogP contribution in [0.2, 0.25) is 0 Å². The van der Waals surface area contributed by atoms with Crippen LogP contribution in [0.4, 0.5) is 0 Å². The normalized spacial score (nSPS) is 16.4. The monoisotopic (exact) mass is 274 g/mol. The molecule has 1 fully saturated rings. The van der Waals surface area contributed by atoms with E-state index < -0.39 is 0 Å². The van der Waals surface area contributed by atoms with Crippen molar-refractivity contribution in [2.75, 3.05) is 20.3 Å². The maximum atomic E-state index is 11.7. The van der Waals surface area contributed by atoms with Crippen LogP contribution in [0, 0.1) is 5.92 Å². The molecule has 0 amide bonds. The van der Waals surface area contributed by atoms with Crippen molar-refractivity contribution >= 4 is 11.5 Å². The number of imidazole rings is 1. The molecule has 3 rings (SSSR count). The number of carbonyl (C=O) groups is 1. The van der Waals surface area contributed by atoms with E-state index in [2.05, 4.69) is 4.98 Å². The highest BCUT2D eigenvalue weighted by atomic mass is 16.5. The average Bonchev–Trinajstić information content (AvgIpc) is 2.91. The third-order valence-corrected chi connectivity index (χ3v) is 3.86. The minimum Gasteiger partial charge on any atom is -0.465 e. The van der Waals surface area contributed by atoms with E-state index in [0.717, 1.165) is 43.8 Å². The summed E-state index contributed by atoms with van der Waals surface area (Å²) >= 11 is 0. The molecule has 0 spiro atoms. The van der Waals surface area contributed by atoms with Gasteiger partial charge in [0.05, 0.1) is 24.4 Å². The van der Waals surface area contributed by atoms with E-state index >= 15 is 0 Å². The van der Waals surface area contributed by atoms with Gasteiger partial charge >= 0.3 is 5.97 Å². The summed E-state index contributed by atoms with van der Waals surface area (Å²) in [7, 11) is 1.39. The second-order valence-corrected chi connectivity index (χ2v) is 5.10. The Morgan fingerprint density at radius 2 is 2.30 bits per heavy atom. The molecule has 0 N–H and O–H groups in total. The molecule has 0 saturated carbocycles. The second kappa shape index (κ2) is 5.63. The number of aromatic nitrogens is 2. The van der Waals surface area contributed by atoms with E-state index in [1.807, 2.05) is 16.7 Å². The Bertz CT molecular complexity index is 615. The van der Waals surface area contributed by atoms with Gasteiger partial charge in [-0.15, -0.1) is 0 Å². The molecule has 1 saturated heterocycles. The summed E-state index contributed by atoms with van der Waals surface area (Å²) in [6.45, 7) is 1.67. The lowest BCUT2D eigenvalue weighted by atomic mass is 9.96. The van der Waals surface area contributed by atoms with Crippen molar-refractivity contribution in [3.63, 3.8) is 0 Å². The first-order valence-corrected chi connectivity index (χ1v) is 6.90. The third-order valence-electron chi connectivity index (χ3n) is 3.86. The Balaban J connectivity index is 1.91. The van der Waals surface area contributed by atoms with Crippen molar-refractivity contribution in [1.82, 2.24) is 9.38 Å². The van der Waals surface area contributed by atoms with Gasteiger partial charge in [0.2, 0.25) is 0 Å². The highest BCUT2D eigenvalue weighted by Crippen LogP contribution is 2.21. The lowest BCUT2D eigenvalue weighted by Crippen LogP contribution is -2.18.